The molecular weight excluding hydrogens is 352 g/mol. The van der Waals surface area contributed by atoms with Crippen molar-refractivity contribution in [1.82, 2.24) is 0 Å². The molecular formula is C20H38O7. The Morgan fingerprint density at radius 2 is 1.04 bits per heavy atom. The molecule has 7 heteroatoms. The van der Waals surface area contributed by atoms with Crippen molar-refractivity contribution < 1.29 is 33.3 Å². The lowest BCUT2D eigenvalue weighted by Crippen LogP contribution is -2.14. The van der Waals surface area contributed by atoms with Gasteiger partial charge in [0.1, 0.15) is 13.2 Å². The maximum atomic E-state index is 11.6. The summed E-state index contributed by atoms with van der Waals surface area (Å²) in [7, 11) is 0. The van der Waals surface area contributed by atoms with Gasteiger partial charge in [-0.25, -0.2) is 0 Å². The Balaban J connectivity index is 3.14. The zero-order valence-electron chi connectivity index (χ0n) is 17.2. The Morgan fingerprint density at radius 1 is 0.593 bits per heavy atom. The second-order valence-electron chi connectivity index (χ2n) is 6.27. The minimum Gasteiger partial charge on any atom is -0.463 e. The third-order valence-corrected chi connectivity index (χ3v) is 3.75. The molecule has 0 aromatic carbocycles. The van der Waals surface area contributed by atoms with E-state index in [2.05, 4.69) is 6.92 Å². The van der Waals surface area contributed by atoms with E-state index in [4.69, 9.17) is 23.7 Å². The molecule has 0 N–H and O–H groups in total. The van der Waals surface area contributed by atoms with Crippen LogP contribution in [0.2, 0.25) is 0 Å². The number of hydrogen-bond acceptors (Lipinski definition) is 7. The van der Waals surface area contributed by atoms with E-state index in [1.807, 2.05) is 0 Å². The third kappa shape index (κ3) is 22.8. The molecule has 0 aromatic heterocycles. The molecule has 0 saturated carbocycles. The third-order valence-electron chi connectivity index (χ3n) is 3.75. The highest BCUT2D eigenvalue weighted by molar-refractivity contribution is 5.69. The van der Waals surface area contributed by atoms with Crippen molar-refractivity contribution in [3.8, 4) is 0 Å². The predicted octanol–water partition coefficient (Wildman–Crippen LogP) is 3.28. The van der Waals surface area contributed by atoms with Crippen LogP contribution in [0.25, 0.3) is 0 Å². The summed E-state index contributed by atoms with van der Waals surface area (Å²) in [5.74, 6) is -0.454. The standard InChI is InChI=1S/C20H38O7/c1-3-4-5-6-7-8-9-10-20(22)27-18-16-25-14-12-23-11-13-24-15-17-26-19(2)21/h3-18H2,1-2H3. The molecule has 0 atom stereocenters. The average Bonchev–Trinajstić information content (AvgIpc) is 2.64. The van der Waals surface area contributed by atoms with Crippen LogP contribution in [0.5, 0.6) is 0 Å². The summed E-state index contributed by atoms with van der Waals surface area (Å²) in [6, 6.07) is 0. The summed E-state index contributed by atoms with van der Waals surface area (Å²) >= 11 is 0. The van der Waals surface area contributed by atoms with E-state index in [9.17, 15) is 9.59 Å². The van der Waals surface area contributed by atoms with Crippen molar-refractivity contribution in [1.29, 1.82) is 0 Å². The summed E-state index contributed by atoms with van der Waals surface area (Å²) in [5.41, 5.74) is 0. The van der Waals surface area contributed by atoms with Crippen LogP contribution in [0.4, 0.5) is 0 Å². The van der Waals surface area contributed by atoms with Crippen LogP contribution in [0, 0.1) is 0 Å². The highest BCUT2D eigenvalue weighted by Gasteiger charge is 2.02. The van der Waals surface area contributed by atoms with E-state index in [1.54, 1.807) is 0 Å². The predicted molar refractivity (Wildman–Crippen MR) is 103 cm³/mol. The molecule has 160 valence electrons. The van der Waals surface area contributed by atoms with Crippen LogP contribution in [0.3, 0.4) is 0 Å². The zero-order valence-corrected chi connectivity index (χ0v) is 17.2. The summed E-state index contributed by atoms with van der Waals surface area (Å²) in [5, 5.41) is 0. The normalized spacial score (nSPS) is 10.7. The van der Waals surface area contributed by atoms with Crippen LogP contribution in [0.15, 0.2) is 0 Å². The lowest BCUT2D eigenvalue weighted by atomic mass is 10.1. The Bertz CT molecular complexity index is 347. The molecule has 0 unspecified atom stereocenters. The molecule has 0 spiro atoms. The van der Waals surface area contributed by atoms with Crippen molar-refractivity contribution in [3.63, 3.8) is 0 Å². The number of carbonyl (C=O) groups excluding carboxylic acids is 2. The Hall–Kier alpha value is -1.18. The first kappa shape index (κ1) is 25.8. The highest BCUT2D eigenvalue weighted by Crippen LogP contribution is 2.08. The fourth-order valence-corrected chi connectivity index (χ4v) is 2.30. The smallest absolute Gasteiger partial charge is 0.305 e. The monoisotopic (exact) mass is 390 g/mol. The Labute approximate surface area is 164 Å². The van der Waals surface area contributed by atoms with Gasteiger partial charge in [-0.3, -0.25) is 9.59 Å². The molecule has 0 rings (SSSR count). The van der Waals surface area contributed by atoms with Crippen LogP contribution in [-0.4, -0.2) is 64.8 Å². The average molecular weight is 391 g/mol. The number of unbranched alkanes of at least 4 members (excludes halogenated alkanes) is 6. The number of carbonyl (C=O) groups is 2. The summed E-state index contributed by atoms with van der Waals surface area (Å²) in [6.07, 6.45) is 8.82. The Kier molecular flexibility index (Phi) is 20.2. The molecule has 0 aliphatic heterocycles. The van der Waals surface area contributed by atoms with E-state index in [1.165, 1.54) is 39.0 Å². The second kappa shape index (κ2) is 21.1. The van der Waals surface area contributed by atoms with Gasteiger partial charge in [-0.1, -0.05) is 45.4 Å². The van der Waals surface area contributed by atoms with Gasteiger partial charge in [0.25, 0.3) is 0 Å². The SMILES string of the molecule is CCCCCCCCCC(=O)OCCOCCOCCOCCOC(C)=O. The van der Waals surface area contributed by atoms with E-state index >= 15 is 0 Å². The van der Waals surface area contributed by atoms with Crippen LogP contribution in [-0.2, 0) is 33.3 Å². The molecule has 0 radical (unpaired) electrons. The molecule has 0 fully saturated rings. The van der Waals surface area contributed by atoms with E-state index in [-0.39, 0.29) is 25.2 Å². The molecule has 0 aliphatic rings. The minimum atomic E-state index is -0.310. The maximum Gasteiger partial charge on any atom is 0.305 e. The van der Waals surface area contributed by atoms with Gasteiger partial charge in [-0.15, -0.1) is 0 Å². The van der Waals surface area contributed by atoms with Gasteiger partial charge >= 0.3 is 11.9 Å². The fourth-order valence-electron chi connectivity index (χ4n) is 2.30. The first-order valence-electron chi connectivity index (χ1n) is 10.2. The van der Waals surface area contributed by atoms with Crippen molar-refractivity contribution in [2.75, 3.05) is 52.9 Å². The Morgan fingerprint density at radius 3 is 1.56 bits per heavy atom. The second-order valence-corrected chi connectivity index (χ2v) is 6.27. The number of rotatable bonds is 20. The first-order valence-corrected chi connectivity index (χ1v) is 10.2. The van der Waals surface area contributed by atoms with Gasteiger partial charge in [0, 0.05) is 13.3 Å². The number of ether oxygens (including phenoxy) is 5. The summed E-state index contributed by atoms with van der Waals surface area (Å²) in [4.78, 5) is 22.1. The van der Waals surface area contributed by atoms with Gasteiger partial charge in [0.2, 0.25) is 0 Å². The van der Waals surface area contributed by atoms with E-state index in [0.717, 1.165) is 12.8 Å². The summed E-state index contributed by atoms with van der Waals surface area (Å²) < 4.78 is 25.7. The zero-order chi connectivity index (χ0) is 20.0. The van der Waals surface area contributed by atoms with E-state index < -0.39 is 0 Å². The topological polar surface area (TPSA) is 80.3 Å². The number of esters is 2. The fraction of sp³-hybridized carbons (Fsp3) is 0.900. The molecule has 0 heterocycles. The highest BCUT2D eigenvalue weighted by atomic mass is 16.6. The number of hydrogen-bond donors (Lipinski definition) is 0. The van der Waals surface area contributed by atoms with Crippen LogP contribution >= 0.6 is 0 Å². The van der Waals surface area contributed by atoms with Gasteiger partial charge in [-0.05, 0) is 6.42 Å². The van der Waals surface area contributed by atoms with Crippen molar-refractivity contribution in [2.45, 2.75) is 65.2 Å². The summed E-state index contributed by atoms with van der Waals surface area (Å²) in [6.45, 7) is 6.66. The molecule has 0 bridgehead atoms. The molecule has 7 nitrogen and oxygen atoms in total. The van der Waals surface area contributed by atoms with Gasteiger partial charge < -0.3 is 23.7 Å². The maximum absolute atomic E-state index is 11.6. The van der Waals surface area contributed by atoms with Gasteiger partial charge in [-0.2, -0.15) is 0 Å². The quantitative estimate of drug-likeness (QED) is 0.233. The molecule has 0 amide bonds. The lowest BCUT2D eigenvalue weighted by Gasteiger charge is -2.08. The van der Waals surface area contributed by atoms with E-state index in [0.29, 0.717) is 46.1 Å². The van der Waals surface area contributed by atoms with Crippen LogP contribution < -0.4 is 0 Å². The largest absolute Gasteiger partial charge is 0.463 e. The van der Waals surface area contributed by atoms with Crippen molar-refractivity contribution in [2.24, 2.45) is 0 Å². The van der Waals surface area contributed by atoms with Gasteiger partial charge in [0.15, 0.2) is 0 Å². The minimum absolute atomic E-state index is 0.144. The van der Waals surface area contributed by atoms with Crippen molar-refractivity contribution in [3.05, 3.63) is 0 Å². The van der Waals surface area contributed by atoms with Crippen molar-refractivity contribution >= 4 is 11.9 Å². The molecule has 0 saturated heterocycles. The first-order chi connectivity index (χ1) is 13.2. The molecule has 27 heavy (non-hydrogen) atoms. The molecule has 0 aliphatic carbocycles. The van der Waals surface area contributed by atoms with Crippen LogP contribution in [0.1, 0.15) is 65.2 Å². The molecule has 0 aromatic rings. The van der Waals surface area contributed by atoms with Gasteiger partial charge in [0.05, 0.1) is 39.6 Å². The lowest BCUT2D eigenvalue weighted by molar-refractivity contribution is -0.145.